The Balaban J connectivity index is 4.68. The molecular weight excluding hydrogens is 168 g/mol. The molecule has 0 heterocycles. The van der Waals surface area contributed by atoms with Gasteiger partial charge in [-0.1, -0.05) is 19.9 Å². The van der Waals surface area contributed by atoms with E-state index in [4.69, 9.17) is 4.74 Å². The van der Waals surface area contributed by atoms with Crippen LogP contribution in [0.1, 0.15) is 27.7 Å². The smallest absolute Gasteiger partial charge is 0.342 e. The number of hydrogen-bond donors (Lipinski definition) is 1. The van der Waals surface area contributed by atoms with Crippen molar-refractivity contribution in [3.63, 3.8) is 0 Å². The van der Waals surface area contributed by atoms with Crippen molar-refractivity contribution in [3.05, 3.63) is 12.2 Å². The number of esters is 1. The average molecular weight is 186 g/mol. The highest BCUT2D eigenvalue weighted by Crippen LogP contribution is 2.20. The van der Waals surface area contributed by atoms with E-state index in [1.165, 1.54) is 6.08 Å². The molecule has 0 aliphatic rings. The molecule has 0 saturated carbocycles. The highest BCUT2D eigenvalue weighted by atomic mass is 16.5. The van der Waals surface area contributed by atoms with Gasteiger partial charge in [-0.15, -0.1) is 0 Å². The van der Waals surface area contributed by atoms with Gasteiger partial charge in [0.25, 0.3) is 0 Å². The van der Waals surface area contributed by atoms with Crippen LogP contribution < -0.4 is 0 Å². The molecule has 0 saturated heterocycles. The standard InChI is InChI=1S/C10H18O3/c1-5-7-10(12,8(3)4)9(11)13-6-2/h5,7-8,12H,6H2,1-4H3. The average Bonchev–Trinajstić information content (AvgIpc) is 2.04. The molecule has 0 aromatic rings. The Morgan fingerprint density at radius 1 is 1.62 bits per heavy atom. The van der Waals surface area contributed by atoms with Crippen LogP contribution in [0.4, 0.5) is 0 Å². The lowest BCUT2D eigenvalue weighted by Gasteiger charge is -2.26. The van der Waals surface area contributed by atoms with Crippen molar-refractivity contribution in [2.45, 2.75) is 33.3 Å². The molecule has 1 unspecified atom stereocenters. The van der Waals surface area contributed by atoms with Gasteiger partial charge in [-0.25, -0.2) is 4.79 Å². The summed E-state index contributed by atoms with van der Waals surface area (Å²) < 4.78 is 4.78. The van der Waals surface area contributed by atoms with Crippen LogP contribution in [0.3, 0.4) is 0 Å². The Morgan fingerprint density at radius 3 is 2.46 bits per heavy atom. The van der Waals surface area contributed by atoms with Gasteiger partial charge in [-0.2, -0.15) is 0 Å². The van der Waals surface area contributed by atoms with E-state index in [1.807, 2.05) is 0 Å². The normalized spacial score (nSPS) is 16.2. The summed E-state index contributed by atoms with van der Waals surface area (Å²) in [6.45, 7) is 7.31. The van der Waals surface area contributed by atoms with E-state index in [-0.39, 0.29) is 12.5 Å². The number of carbonyl (C=O) groups is 1. The minimum Gasteiger partial charge on any atom is -0.464 e. The van der Waals surface area contributed by atoms with Crippen LogP contribution in [0.15, 0.2) is 12.2 Å². The van der Waals surface area contributed by atoms with Crippen molar-refractivity contribution in [2.24, 2.45) is 5.92 Å². The van der Waals surface area contributed by atoms with Crippen molar-refractivity contribution in [1.29, 1.82) is 0 Å². The van der Waals surface area contributed by atoms with Gasteiger partial charge >= 0.3 is 5.97 Å². The molecule has 0 aliphatic carbocycles. The molecule has 0 aromatic carbocycles. The minimum absolute atomic E-state index is 0.192. The van der Waals surface area contributed by atoms with E-state index in [9.17, 15) is 9.90 Å². The van der Waals surface area contributed by atoms with E-state index in [0.717, 1.165) is 0 Å². The Kier molecular flexibility index (Phi) is 4.70. The predicted molar refractivity (Wildman–Crippen MR) is 51.2 cm³/mol. The third kappa shape index (κ3) is 2.84. The summed E-state index contributed by atoms with van der Waals surface area (Å²) in [4.78, 5) is 11.4. The maximum absolute atomic E-state index is 11.4. The van der Waals surface area contributed by atoms with Gasteiger partial charge in [0.1, 0.15) is 0 Å². The quantitative estimate of drug-likeness (QED) is 0.534. The molecule has 0 spiro atoms. The zero-order chi connectivity index (χ0) is 10.5. The summed E-state index contributed by atoms with van der Waals surface area (Å²) >= 11 is 0. The zero-order valence-corrected chi connectivity index (χ0v) is 8.70. The fraction of sp³-hybridized carbons (Fsp3) is 0.700. The van der Waals surface area contributed by atoms with E-state index in [2.05, 4.69) is 0 Å². The zero-order valence-electron chi connectivity index (χ0n) is 8.70. The second-order valence-electron chi connectivity index (χ2n) is 3.20. The molecule has 0 radical (unpaired) electrons. The van der Waals surface area contributed by atoms with Gasteiger partial charge in [0.15, 0.2) is 5.60 Å². The Bertz CT molecular complexity index is 196. The summed E-state index contributed by atoms with van der Waals surface area (Å²) in [6, 6.07) is 0. The van der Waals surface area contributed by atoms with Crippen LogP contribution in [0.5, 0.6) is 0 Å². The van der Waals surface area contributed by atoms with Gasteiger partial charge in [0.05, 0.1) is 6.61 Å². The molecule has 0 aliphatic heterocycles. The van der Waals surface area contributed by atoms with E-state index in [0.29, 0.717) is 0 Å². The largest absolute Gasteiger partial charge is 0.464 e. The van der Waals surface area contributed by atoms with Crippen LogP contribution in [-0.4, -0.2) is 23.3 Å². The van der Waals surface area contributed by atoms with E-state index in [1.54, 1.807) is 33.8 Å². The molecule has 13 heavy (non-hydrogen) atoms. The summed E-state index contributed by atoms with van der Waals surface area (Å²) in [7, 11) is 0. The minimum atomic E-state index is -1.48. The van der Waals surface area contributed by atoms with Crippen molar-refractivity contribution in [1.82, 2.24) is 0 Å². The monoisotopic (exact) mass is 186 g/mol. The number of hydrogen-bond acceptors (Lipinski definition) is 3. The topological polar surface area (TPSA) is 46.5 Å². The second-order valence-corrected chi connectivity index (χ2v) is 3.20. The summed E-state index contributed by atoms with van der Waals surface area (Å²) in [5, 5.41) is 9.93. The van der Waals surface area contributed by atoms with Gasteiger partial charge < -0.3 is 9.84 Å². The first-order chi connectivity index (χ1) is 5.99. The summed E-state index contributed by atoms with van der Waals surface area (Å²) in [5.74, 6) is -0.772. The Labute approximate surface area is 79.4 Å². The predicted octanol–water partition coefficient (Wildman–Crippen LogP) is 1.51. The lowest BCUT2D eigenvalue weighted by Crippen LogP contribution is -2.43. The van der Waals surface area contributed by atoms with Crippen LogP contribution in [-0.2, 0) is 9.53 Å². The lowest BCUT2D eigenvalue weighted by molar-refractivity contribution is -0.163. The van der Waals surface area contributed by atoms with Gasteiger partial charge in [0.2, 0.25) is 0 Å². The van der Waals surface area contributed by atoms with Gasteiger partial charge in [-0.05, 0) is 25.8 Å². The maximum Gasteiger partial charge on any atom is 0.342 e. The molecule has 0 bridgehead atoms. The van der Waals surface area contributed by atoms with Crippen LogP contribution in [0, 0.1) is 5.92 Å². The van der Waals surface area contributed by atoms with Crippen molar-refractivity contribution >= 4 is 5.97 Å². The maximum atomic E-state index is 11.4. The Hall–Kier alpha value is -0.830. The van der Waals surface area contributed by atoms with Crippen LogP contribution in [0.25, 0.3) is 0 Å². The number of ether oxygens (including phenoxy) is 1. The van der Waals surface area contributed by atoms with Crippen molar-refractivity contribution < 1.29 is 14.6 Å². The number of rotatable bonds is 4. The van der Waals surface area contributed by atoms with E-state index >= 15 is 0 Å². The molecular formula is C10H18O3. The molecule has 3 heteroatoms. The first-order valence-electron chi connectivity index (χ1n) is 4.52. The highest BCUT2D eigenvalue weighted by Gasteiger charge is 2.37. The summed E-state index contributed by atoms with van der Waals surface area (Å²) in [6.07, 6.45) is 3.12. The Morgan fingerprint density at radius 2 is 2.15 bits per heavy atom. The molecule has 0 aromatic heterocycles. The second kappa shape index (κ2) is 5.02. The third-order valence-corrected chi connectivity index (χ3v) is 1.90. The lowest BCUT2D eigenvalue weighted by atomic mass is 9.90. The van der Waals surface area contributed by atoms with Crippen LogP contribution in [0.2, 0.25) is 0 Å². The molecule has 1 N–H and O–H groups in total. The summed E-state index contributed by atoms with van der Waals surface area (Å²) in [5.41, 5.74) is -1.48. The highest BCUT2D eigenvalue weighted by molar-refractivity contribution is 5.82. The molecule has 0 fully saturated rings. The van der Waals surface area contributed by atoms with Crippen molar-refractivity contribution in [2.75, 3.05) is 6.61 Å². The number of allylic oxidation sites excluding steroid dienone is 1. The first-order valence-corrected chi connectivity index (χ1v) is 4.52. The van der Waals surface area contributed by atoms with Gasteiger partial charge in [0, 0.05) is 0 Å². The fourth-order valence-corrected chi connectivity index (χ4v) is 0.997. The molecule has 0 rings (SSSR count). The molecule has 1 atom stereocenters. The van der Waals surface area contributed by atoms with Crippen molar-refractivity contribution in [3.8, 4) is 0 Å². The van der Waals surface area contributed by atoms with Crippen LogP contribution >= 0.6 is 0 Å². The molecule has 0 amide bonds. The fourth-order valence-electron chi connectivity index (χ4n) is 0.997. The number of carbonyl (C=O) groups excluding carboxylic acids is 1. The first kappa shape index (κ1) is 12.2. The van der Waals surface area contributed by atoms with E-state index < -0.39 is 11.6 Å². The number of aliphatic hydroxyl groups is 1. The van der Waals surface area contributed by atoms with Gasteiger partial charge in [-0.3, -0.25) is 0 Å². The molecule has 76 valence electrons. The SMILES string of the molecule is CC=CC(O)(C(=O)OCC)C(C)C. The third-order valence-electron chi connectivity index (χ3n) is 1.90. The molecule has 3 nitrogen and oxygen atoms in total.